The van der Waals surface area contributed by atoms with Crippen LogP contribution in [0, 0.1) is 6.92 Å². The molecule has 2 aromatic heterocycles. The zero-order chi connectivity index (χ0) is 10.7. The summed E-state index contributed by atoms with van der Waals surface area (Å²) >= 11 is 3.47. The molecule has 0 radical (unpaired) electrons. The predicted octanol–water partition coefficient (Wildman–Crippen LogP) is 3.10. The van der Waals surface area contributed by atoms with E-state index in [1.54, 1.807) is 22.7 Å². The van der Waals surface area contributed by atoms with Crippen molar-refractivity contribution in [1.82, 2.24) is 4.98 Å². The van der Waals surface area contributed by atoms with Crippen molar-refractivity contribution in [3.63, 3.8) is 0 Å². The quantitative estimate of drug-likeness (QED) is 0.889. The van der Waals surface area contributed by atoms with Crippen LogP contribution in [0.25, 0.3) is 9.88 Å². The normalized spacial score (nSPS) is 10.8. The third kappa shape index (κ3) is 2.45. The van der Waals surface area contributed by atoms with Crippen LogP contribution in [0.3, 0.4) is 0 Å². The Labute approximate surface area is 97.2 Å². The maximum absolute atomic E-state index is 8.80. The summed E-state index contributed by atoms with van der Waals surface area (Å²) in [6.45, 7) is 2.30. The summed E-state index contributed by atoms with van der Waals surface area (Å²) in [6, 6.07) is 4.14. The molecule has 0 aliphatic carbocycles. The molecule has 0 fully saturated rings. The highest BCUT2D eigenvalue weighted by Crippen LogP contribution is 2.31. The first kappa shape index (κ1) is 10.8. The topological polar surface area (TPSA) is 33.1 Å². The van der Waals surface area contributed by atoms with E-state index >= 15 is 0 Å². The first-order valence-corrected chi connectivity index (χ1v) is 6.62. The highest BCUT2D eigenvalue weighted by atomic mass is 32.1. The molecule has 0 aliphatic rings. The molecule has 1 N–H and O–H groups in total. The van der Waals surface area contributed by atoms with Crippen LogP contribution in [-0.2, 0) is 6.42 Å². The lowest BCUT2D eigenvalue weighted by Crippen LogP contribution is -1.88. The second-order valence-corrected chi connectivity index (χ2v) is 5.36. The second-order valence-electron chi connectivity index (χ2n) is 3.33. The minimum atomic E-state index is 0.256. The second kappa shape index (κ2) is 4.88. The van der Waals surface area contributed by atoms with Gasteiger partial charge in [0.05, 0.1) is 10.6 Å². The smallest absolute Gasteiger partial charge is 0.133 e. The third-order valence-corrected chi connectivity index (χ3v) is 4.44. The largest absolute Gasteiger partial charge is 0.396 e. The van der Waals surface area contributed by atoms with Crippen LogP contribution in [0.4, 0.5) is 0 Å². The molecule has 0 amide bonds. The lowest BCUT2D eigenvalue weighted by atomic mass is 10.2. The molecule has 4 heteroatoms. The number of rotatable bonds is 4. The number of aryl methyl sites for hydroxylation is 2. The fraction of sp³-hybridized carbons (Fsp3) is 0.364. The van der Waals surface area contributed by atoms with E-state index in [0.717, 1.165) is 23.5 Å². The van der Waals surface area contributed by atoms with Crippen molar-refractivity contribution < 1.29 is 5.11 Å². The van der Waals surface area contributed by atoms with E-state index in [9.17, 15) is 0 Å². The number of nitrogens with zero attached hydrogens (tertiary/aromatic N) is 1. The molecule has 80 valence electrons. The number of aliphatic hydroxyl groups is 1. The monoisotopic (exact) mass is 239 g/mol. The molecule has 0 aliphatic heterocycles. The molecule has 0 spiro atoms. The van der Waals surface area contributed by atoms with Crippen molar-refractivity contribution in [3.8, 4) is 9.88 Å². The molecular weight excluding hydrogens is 226 g/mol. The Morgan fingerprint density at radius 2 is 2.33 bits per heavy atom. The van der Waals surface area contributed by atoms with E-state index in [1.807, 2.05) is 13.0 Å². The van der Waals surface area contributed by atoms with Crippen LogP contribution < -0.4 is 0 Å². The Morgan fingerprint density at radius 1 is 1.47 bits per heavy atom. The van der Waals surface area contributed by atoms with Gasteiger partial charge < -0.3 is 5.11 Å². The van der Waals surface area contributed by atoms with Gasteiger partial charge in [-0.15, -0.1) is 22.7 Å². The van der Waals surface area contributed by atoms with Gasteiger partial charge in [0.15, 0.2) is 0 Å². The zero-order valence-corrected chi connectivity index (χ0v) is 10.2. The minimum absolute atomic E-state index is 0.256. The van der Waals surface area contributed by atoms with Crippen molar-refractivity contribution in [2.75, 3.05) is 6.61 Å². The Kier molecular flexibility index (Phi) is 3.51. The maximum Gasteiger partial charge on any atom is 0.133 e. The molecule has 0 saturated heterocycles. The summed E-state index contributed by atoms with van der Waals surface area (Å²) in [7, 11) is 0. The molecule has 0 saturated carbocycles. The SMILES string of the molecule is Cc1nc(-c2cccs2)sc1CCCO. The fourth-order valence-corrected chi connectivity index (χ4v) is 3.31. The molecule has 2 rings (SSSR count). The first-order valence-electron chi connectivity index (χ1n) is 4.92. The Balaban J connectivity index is 2.21. The lowest BCUT2D eigenvalue weighted by molar-refractivity contribution is 0.289. The summed E-state index contributed by atoms with van der Waals surface area (Å²) in [5.41, 5.74) is 1.11. The summed E-state index contributed by atoms with van der Waals surface area (Å²) < 4.78 is 0. The summed E-state index contributed by atoms with van der Waals surface area (Å²) in [4.78, 5) is 7.09. The van der Waals surface area contributed by atoms with Gasteiger partial charge in [0.1, 0.15) is 5.01 Å². The number of hydrogen-bond acceptors (Lipinski definition) is 4. The highest BCUT2D eigenvalue weighted by molar-refractivity contribution is 7.21. The van der Waals surface area contributed by atoms with E-state index in [0.29, 0.717) is 0 Å². The van der Waals surface area contributed by atoms with E-state index in [4.69, 9.17) is 5.11 Å². The van der Waals surface area contributed by atoms with Crippen molar-refractivity contribution >= 4 is 22.7 Å². The van der Waals surface area contributed by atoms with E-state index in [2.05, 4.69) is 16.4 Å². The van der Waals surface area contributed by atoms with Gasteiger partial charge >= 0.3 is 0 Å². The van der Waals surface area contributed by atoms with Gasteiger partial charge in [-0.2, -0.15) is 0 Å². The van der Waals surface area contributed by atoms with Crippen LogP contribution in [0.1, 0.15) is 17.0 Å². The minimum Gasteiger partial charge on any atom is -0.396 e. The van der Waals surface area contributed by atoms with Crippen LogP contribution in [0.2, 0.25) is 0 Å². The predicted molar refractivity (Wildman–Crippen MR) is 65.6 cm³/mol. The van der Waals surface area contributed by atoms with Gasteiger partial charge in [-0.1, -0.05) is 6.07 Å². The molecule has 0 aromatic carbocycles. The molecule has 0 atom stereocenters. The number of aromatic nitrogens is 1. The molecule has 2 aromatic rings. The fourth-order valence-electron chi connectivity index (χ4n) is 1.41. The van der Waals surface area contributed by atoms with Crippen LogP contribution in [0.15, 0.2) is 17.5 Å². The standard InChI is InChI=1S/C11H13NOS2/c1-8-9(4-2-6-13)15-11(12-8)10-5-3-7-14-10/h3,5,7,13H,2,4,6H2,1H3. The maximum atomic E-state index is 8.80. The van der Waals surface area contributed by atoms with E-state index in [-0.39, 0.29) is 6.61 Å². The number of thiazole rings is 1. The van der Waals surface area contributed by atoms with E-state index < -0.39 is 0 Å². The Bertz CT molecular complexity index is 420. The third-order valence-electron chi connectivity index (χ3n) is 2.19. The summed E-state index contributed by atoms with van der Waals surface area (Å²) in [5, 5.41) is 12.0. The first-order chi connectivity index (χ1) is 7.31. The van der Waals surface area contributed by atoms with Gasteiger partial charge in [-0.3, -0.25) is 0 Å². The van der Waals surface area contributed by atoms with Gasteiger partial charge in [0, 0.05) is 11.5 Å². The van der Waals surface area contributed by atoms with Crippen LogP contribution in [0.5, 0.6) is 0 Å². The molecule has 2 heterocycles. The zero-order valence-electron chi connectivity index (χ0n) is 8.56. The molecule has 0 bridgehead atoms. The van der Waals surface area contributed by atoms with Crippen molar-refractivity contribution in [1.29, 1.82) is 0 Å². The van der Waals surface area contributed by atoms with Gasteiger partial charge in [-0.05, 0) is 31.2 Å². The summed E-state index contributed by atoms with van der Waals surface area (Å²) in [5.74, 6) is 0. The van der Waals surface area contributed by atoms with Crippen molar-refractivity contribution in [2.24, 2.45) is 0 Å². The van der Waals surface area contributed by atoms with E-state index in [1.165, 1.54) is 9.75 Å². The van der Waals surface area contributed by atoms with Crippen molar-refractivity contribution in [3.05, 3.63) is 28.1 Å². The van der Waals surface area contributed by atoms with Crippen molar-refractivity contribution in [2.45, 2.75) is 19.8 Å². The molecule has 0 unspecified atom stereocenters. The van der Waals surface area contributed by atoms with Gasteiger partial charge in [0.2, 0.25) is 0 Å². The average molecular weight is 239 g/mol. The Morgan fingerprint density at radius 3 is 3.00 bits per heavy atom. The molecule has 15 heavy (non-hydrogen) atoms. The molecular formula is C11H13NOS2. The Hall–Kier alpha value is -0.710. The number of aliphatic hydroxyl groups excluding tert-OH is 1. The number of thiophene rings is 1. The van der Waals surface area contributed by atoms with Crippen LogP contribution in [-0.4, -0.2) is 16.7 Å². The molecule has 2 nitrogen and oxygen atoms in total. The average Bonchev–Trinajstić information content (AvgIpc) is 2.83. The summed E-state index contributed by atoms with van der Waals surface area (Å²) in [6.07, 6.45) is 1.76. The van der Waals surface area contributed by atoms with Crippen LogP contribution >= 0.6 is 22.7 Å². The van der Waals surface area contributed by atoms with Gasteiger partial charge in [0.25, 0.3) is 0 Å². The lowest BCUT2D eigenvalue weighted by Gasteiger charge is -1.93. The van der Waals surface area contributed by atoms with Gasteiger partial charge in [-0.25, -0.2) is 4.98 Å². The highest BCUT2D eigenvalue weighted by Gasteiger charge is 2.09. The number of hydrogen-bond donors (Lipinski definition) is 1.